The number of hydrogen-bond acceptors (Lipinski definition) is 5. The Hall–Kier alpha value is -2.53. The van der Waals surface area contributed by atoms with Gasteiger partial charge < -0.3 is 9.47 Å². The summed E-state index contributed by atoms with van der Waals surface area (Å²) in [5.41, 5.74) is 0. The fraction of sp³-hybridized carbons (Fsp3) is 0.591. The van der Waals surface area contributed by atoms with Gasteiger partial charge >= 0.3 is 11.9 Å². The van der Waals surface area contributed by atoms with E-state index < -0.39 is 12.1 Å². The second-order valence-electron chi connectivity index (χ2n) is 6.22. The molecule has 0 aliphatic heterocycles. The van der Waals surface area contributed by atoms with E-state index in [1.165, 1.54) is 26.8 Å². The number of carbonyl (C=O) groups excluding carboxylic acids is 3. The number of Topliss-reactive ketones (excluding diaryl/α,β-unsaturated/α-hetero) is 1. The molecule has 0 rings (SSSR count). The van der Waals surface area contributed by atoms with Crippen LogP contribution < -0.4 is 0 Å². The van der Waals surface area contributed by atoms with Crippen LogP contribution in [0.2, 0.25) is 0 Å². The molecular formula is C22H30O5. The number of esters is 2. The average molecular weight is 374 g/mol. The van der Waals surface area contributed by atoms with Crippen LogP contribution in [-0.4, -0.2) is 30.4 Å². The van der Waals surface area contributed by atoms with Gasteiger partial charge in [0.05, 0.1) is 12.5 Å². The SMILES string of the molecule is C=CC(C#CC#CC(CCCCCCCCOC(C)=O)C(C)=O)OC(C)=O. The first-order chi connectivity index (χ1) is 12.9. The predicted octanol–water partition coefficient (Wildman–Crippen LogP) is 3.61. The first kappa shape index (κ1) is 24.5. The third-order valence-electron chi connectivity index (χ3n) is 3.71. The molecule has 148 valence electrons. The van der Waals surface area contributed by atoms with Crippen molar-refractivity contribution < 1.29 is 23.9 Å². The van der Waals surface area contributed by atoms with Crippen molar-refractivity contribution in [2.24, 2.45) is 5.92 Å². The van der Waals surface area contributed by atoms with E-state index in [0.717, 1.165) is 38.5 Å². The number of carbonyl (C=O) groups is 3. The zero-order valence-corrected chi connectivity index (χ0v) is 16.6. The average Bonchev–Trinajstić information content (AvgIpc) is 2.59. The zero-order chi connectivity index (χ0) is 20.5. The Bertz CT molecular complexity index is 612. The topological polar surface area (TPSA) is 69.7 Å². The van der Waals surface area contributed by atoms with Gasteiger partial charge in [0.2, 0.25) is 0 Å². The van der Waals surface area contributed by atoms with Crippen LogP contribution in [0.4, 0.5) is 0 Å². The van der Waals surface area contributed by atoms with Crippen molar-refractivity contribution in [2.75, 3.05) is 6.61 Å². The van der Waals surface area contributed by atoms with Gasteiger partial charge in [0, 0.05) is 13.8 Å². The molecule has 5 heteroatoms. The normalized spacial score (nSPS) is 11.7. The van der Waals surface area contributed by atoms with Gasteiger partial charge in [-0.3, -0.25) is 14.4 Å². The summed E-state index contributed by atoms with van der Waals surface area (Å²) in [5.74, 6) is 9.90. The molecule has 0 radical (unpaired) electrons. The molecule has 0 aromatic rings. The summed E-state index contributed by atoms with van der Waals surface area (Å²) in [5, 5.41) is 0. The highest BCUT2D eigenvalue weighted by molar-refractivity contribution is 5.81. The van der Waals surface area contributed by atoms with E-state index in [-0.39, 0.29) is 17.7 Å². The van der Waals surface area contributed by atoms with Crippen molar-refractivity contribution in [3.63, 3.8) is 0 Å². The van der Waals surface area contributed by atoms with Crippen molar-refractivity contribution in [1.82, 2.24) is 0 Å². The van der Waals surface area contributed by atoms with Gasteiger partial charge in [0.25, 0.3) is 0 Å². The van der Waals surface area contributed by atoms with E-state index in [1.54, 1.807) is 0 Å². The molecular weight excluding hydrogens is 344 g/mol. The quantitative estimate of drug-likeness (QED) is 0.226. The third-order valence-corrected chi connectivity index (χ3v) is 3.71. The molecule has 2 unspecified atom stereocenters. The summed E-state index contributed by atoms with van der Waals surface area (Å²) in [7, 11) is 0. The van der Waals surface area contributed by atoms with E-state index in [0.29, 0.717) is 13.0 Å². The highest BCUT2D eigenvalue weighted by Gasteiger charge is 2.10. The predicted molar refractivity (Wildman–Crippen MR) is 104 cm³/mol. The monoisotopic (exact) mass is 374 g/mol. The summed E-state index contributed by atoms with van der Waals surface area (Å²) in [6.07, 6.45) is 7.51. The second-order valence-corrected chi connectivity index (χ2v) is 6.22. The van der Waals surface area contributed by atoms with Gasteiger partial charge in [0.15, 0.2) is 6.10 Å². The van der Waals surface area contributed by atoms with Crippen molar-refractivity contribution in [3.05, 3.63) is 12.7 Å². The molecule has 0 saturated carbocycles. The lowest BCUT2D eigenvalue weighted by atomic mass is 9.97. The molecule has 0 amide bonds. The van der Waals surface area contributed by atoms with Gasteiger partial charge in [-0.1, -0.05) is 44.6 Å². The van der Waals surface area contributed by atoms with E-state index in [2.05, 4.69) is 30.3 Å². The minimum Gasteiger partial charge on any atom is -0.466 e. The van der Waals surface area contributed by atoms with Gasteiger partial charge in [-0.15, -0.1) is 0 Å². The summed E-state index contributed by atoms with van der Waals surface area (Å²) < 4.78 is 9.78. The standard InChI is InChI=1S/C22H30O5/c1-5-22(27-20(4)25)16-12-11-15-21(18(2)23)14-10-8-6-7-9-13-17-26-19(3)24/h5,21-22H,1,6-10,13-14,17H2,2-4H3. The largest absolute Gasteiger partial charge is 0.466 e. The minimum atomic E-state index is -0.687. The maximum absolute atomic E-state index is 11.7. The molecule has 5 nitrogen and oxygen atoms in total. The summed E-state index contributed by atoms with van der Waals surface area (Å²) in [6, 6.07) is 0. The molecule has 27 heavy (non-hydrogen) atoms. The fourth-order valence-electron chi connectivity index (χ4n) is 2.30. The second kappa shape index (κ2) is 15.7. The highest BCUT2D eigenvalue weighted by atomic mass is 16.5. The van der Waals surface area contributed by atoms with Crippen LogP contribution >= 0.6 is 0 Å². The number of hydrogen-bond donors (Lipinski definition) is 0. The minimum absolute atomic E-state index is 0.0333. The lowest BCUT2D eigenvalue weighted by Crippen LogP contribution is -2.10. The van der Waals surface area contributed by atoms with Crippen LogP contribution in [0.3, 0.4) is 0 Å². The Labute approximate surface area is 162 Å². The first-order valence-electron chi connectivity index (χ1n) is 9.31. The maximum atomic E-state index is 11.7. The molecule has 0 saturated heterocycles. The molecule has 0 aromatic carbocycles. The Morgan fingerprint density at radius 2 is 1.48 bits per heavy atom. The Morgan fingerprint density at radius 1 is 0.889 bits per heavy atom. The summed E-state index contributed by atoms with van der Waals surface area (Å²) in [6.45, 7) is 8.28. The van der Waals surface area contributed by atoms with Crippen LogP contribution in [0.25, 0.3) is 0 Å². The number of ether oxygens (including phenoxy) is 2. The van der Waals surface area contributed by atoms with Crippen LogP contribution in [0.5, 0.6) is 0 Å². The van der Waals surface area contributed by atoms with Crippen LogP contribution in [-0.2, 0) is 23.9 Å². The van der Waals surface area contributed by atoms with Gasteiger partial charge in [-0.05, 0) is 43.6 Å². The lowest BCUT2D eigenvalue weighted by Gasteiger charge is -2.06. The van der Waals surface area contributed by atoms with Crippen molar-refractivity contribution in [1.29, 1.82) is 0 Å². The number of unbranched alkanes of at least 4 members (excludes halogenated alkanes) is 5. The van der Waals surface area contributed by atoms with Crippen LogP contribution in [0.1, 0.15) is 65.7 Å². The molecule has 0 fully saturated rings. The molecule has 0 aromatic heterocycles. The lowest BCUT2D eigenvalue weighted by molar-refractivity contribution is -0.142. The highest BCUT2D eigenvalue weighted by Crippen LogP contribution is 2.13. The molecule has 0 spiro atoms. The molecule has 0 aliphatic carbocycles. The number of rotatable bonds is 12. The molecule has 0 heterocycles. The van der Waals surface area contributed by atoms with Crippen molar-refractivity contribution >= 4 is 17.7 Å². The fourth-order valence-corrected chi connectivity index (χ4v) is 2.30. The summed E-state index contributed by atoms with van der Waals surface area (Å²) in [4.78, 5) is 33.2. The van der Waals surface area contributed by atoms with Gasteiger partial charge in [-0.25, -0.2) is 0 Å². The van der Waals surface area contributed by atoms with Crippen molar-refractivity contribution in [2.45, 2.75) is 71.8 Å². The van der Waals surface area contributed by atoms with Crippen molar-refractivity contribution in [3.8, 4) is 23.7 Å². The smallest absolute Gasteiger partial charge is 0.304 e. The number of ketones is 1. The van der Waals surface area contributed by atoms with E-state index in [4.69, 9.17) is 9.47 Å². The zero-order valence-electron chi connectivity index (χ0n) is 16.6. The van der Waals surface area contributed by atoms with Crippen LogP contribution in [0, 0.1) is 29.6 Å². The molecule has 0 N–H and O–H groups in total. The third kappa shape index (κ3) is 15.4. The summed E-state index contributed by atoms with van der Waals surface area (Å²) >= 11 is 0. The van der Waals surface area contributed by atoms with Gasteiger partial charge in [0.1, 0.15) is 5.78 Å². The Kier molecular flexibility index (Phi) is 14.2. The first-order valence-corrected chi connectivity index (χ1v) is 9.31. The van der Waals surface area contributed by atoms with E-state index in [1.807, 2.05) is 0 Å². The molecule has 2 atom stereocenters. The Morgan fingerprint density at radius 3 is 2.04 bits per heavy atom. The van der Waals surface area contributed by atoms with E-state index in [9.17, 15) is 14.4 Å². The molecule has 0 bridgehead atoms. The van der Waals surface area contributed by atoms with E-state index >= 15 is 0 Å². The van der Waals surface area contributed by atoms with Gasteiger partial charge in [-0.2, -0.15) is 0 Å². The molecule has 0 aliphatic rings. The Balaban J connectivity index is 4.13. The van der Waals surface area contributed by atoms with Crippen LogP contribution in [0.15, 0.2) is 12.7 Å². The maximum Gasteiger partial charge on any atom is 0.304 e.